The van der Waals surface area contributed by atoms with E-state index in [1.54, 1.807) is 10.9 Å². The van der Waals surface area contributed by atoms with Crippen LogP contribution in [0.2, 0.25) is 0 Å². The first-order chi connectivity index (χ1) is 12.7. The van der Waals surface area contributed by atoms with E-state index in [4.69, 9.17) is 9.15 Å². The fourth-order valence-corrected chi connectivity index (χ4v) is 2.98. The van der Waals surface area contributed by atoms with Crippen molar-refractivity contribution in [2.45, 2.75) is 32.9 Å². The fraction of sp³-hybridized carbons (Fsp3) is 0.588. The summed E-state index contributed by atoms with van der Waals surface area (Å²) < 4.78 is 12.9. The van der Waals surface area contributed by atoms with Crippen LogP contribution < -0.4 is 10.6 Å². The Bertz CT molecular complexity index is 707. The van der Waals surface area contributed by atoms with Crippen LogP contribution in [0.4, 0.5) is 10.6 Å². The van der Waals surface area contributed by atoms with Gasteiger partial charge in [-0.2, -0.15) is 0 Å². The lowest BCUT2D eigenvalue weighted by Crippen LogP contribution is -2.44. The molecule has 0 aliphatic carbocycles. The van der Waals surface area contributed by atoms with Gasteiger partial charge in [0.25, 0.3) is 0 Å². The van der Waals surface area contributed by atoms with E-state index in [0.717, 1.165) is 37.6 Å². The highest BCUT2D eigenvalue weighted by molar-refractivity contribution is 5.87. The van der Waals surface area contributed by atoms with E-state index in [2.05, 4.69) is 32.8 Å². The first-order valence-electron chi connectivity index (χ1n) is 8.99. The van der Waals surface area contributed by atoms with Gasteiger partial charge in [0.1, 0.15) is 11.5 Å². The van der Waals surface area contributed by atoms with Crippen LogP contribution in [0.15, 0.2) is 22.7 Å². The highest BCUT2D eigenvalue weighted by Crippen LogP contribution is 2.23. The molecule has 1 atom stereocenters. The molecule has 1 saturated heterocycles. The van der Waals surface area contributed by atoms with Crippen LogP contribution in [0.25, 0.3) is 0 Å². The van der Waals surface area contributed by atoms with E-state index in [0.29, 0.717) is 25.6 Å². The maximum Gasteiger partial charge on any atom is 0.320 e. The molecule has 0 radical (unpaired) electrons. The second kappa shape index (κ2) is 8.81. The number of aromatic nitrogens is 3. The maximum absolute atomic E-state index is 12.2. The molecule has 9 heteroatoms. The summed E-state index contributed by atoms with van der Waals surface area (Å²) in [5, 5.41) is 13.5. The topological polar surface area (TPSA) is 97.5 Å². The second-order valence-electron chi connectivity index (χ2n) is 6.31. The lowest BCUT2D eigenvalue weighted by molar-refractivity contribution is 0.0122. The molecule has 0 saturated carbocycles. The lowest BCUT2D eigenvalue weighted by Gasteiger charge is -2.33. The van der Waals surface area contributed by atoms with Gasteiger partial charge in [0, 0.05) is 26.2 Å². The Morgan fingerprint density at radius 1 is 1.35 bits per heavy atom. The molecule has 26 heavy (non-hydrogen) atoms. The van der Waals surface area contributed by atoms with Crippen molar-refractivity contribution < 1.29 is 13.9 Å². The Labute approximate surface area is 152 Å². The zero-order valence-electron chi connectivity index (χ0n) is 15.3. The SMILES string of the molecule is CCCn1cc(NC(=O)NCC(c2ccc(C)o2)N2CCOCC2)nn1. The number of carbonyl (C=O) groups excluding carboxylic acids is 1. The summed E-state index contributed by atoms with van der Waals surface area (Å²) in [6, 6.07) is 3.56. The monoisotopic (exact) mass is 362 g/mol. The van der Waals surface area contributed by atoms with Crippen LogP contribution >= 0.6 is 0 Å². The normalized spacial score (nSPS) is 16.4. The number of carbonyl (C=O) groups is 1. The molecule has 142 valence electrons. The Balaban J connectivity index is 1.58. The highest BCUT2D eigenvalue weighted by Gasteiger charge is 2.25. The third-order valence-corrected chi connectivity index (χ3v) is 4.26. The fourth-order valence-electron chi connectivity index (χ4n) is 2.98. The van der Waals surface area contributed by atoms with Gasteiger partial charge in [-0.15, -0.1) is 5.10 Å². The second-order valence-corrected chi connectivity index (χ2v) is 6.31. The van der Waals surface area contributed by atoms with Gasteiger partial charge in [0.15, 0.2) is 5.82 Å². The van der Waals surface area contributed by atoms with Gasteiger partial charge in [-0.05, 0) is 25.5 Å². The standard InChI is InChI=1S/C17H26N6O3/c1-3-6-23-12-16(20-21-23)19-17(24)18-11-14(15-5-4-13(2)26-15)22-7-9-25-10-8-22/h4-5,12,14H,3,6-11H2,1-2H3,(H2,18,19,24). The number of ether oxygens (including phenoxy) is 1. The van der Waals surface area contributed by atoms with Crippen LogP contribution in [0.1, 0.15) is 30.9 Å². The molecule has 1 fully saturated rings. The minimum atomic E-state index is -0.310. The summed E-state index contributed by atoms with van der Waals surface area (Å²) in [6.45, 7) is 8.16. The molecule has 2 amide bonds. The van der Waals surface area contributed by atoms with Crippen LogP contribution in [0.5, 0.6) is 0 Å². The molecule has 2 aromatic rings. The Kier molecular flexibility index (Phi) is 6.24. The summed E-state index contributed by atoms with van der Waals surface area (Å²) in [7, 11) is 0. The molecule has 0 bridgehead atoms. The van der Waals surface area contributed by atoms with Crippen molar-refractivity contribution in [1.82, 2.24) is 25.2 Å². The van der Waals surface area contributed by atoms with Crippen molar-refractivity contribution in [1.29, 1.82) is 0 Å². The molecule has 0 aromatic carbocycles. The van der Waals surface area contributed by atoms with Gasteiger partial charge < -0.3 is 14.5 Å². The number of hydrogen-bond donors (Lipinski definition) is 2. The predicted molar refractivity (Wildman–Crippen MR) is 95.9 cm³/mol. The minimum absolute atomic E-state index is 0.0332. The van der Waals surface area contributed by atoms with Crippen molar-refractivity contribution in [3.8, 4) is 0 Å². The van der Waals surface area contributed by atoms with Gasteiger partial charge in [-0.25, -0.2) is 4.79 Å². The van der Waals surface area contributed by atoms with E-state index in [-0.39, 0.29) is 12.1 Å². The molecule has 2 N–H and O–H groups in total. The highest BCUT2D eigenvalue weighted by atomic mass is 16.5. The van der Waals surface area contributed by atoms with Crippen LogP contribution in [0, 0.1) is 6.92 Å². The van der Waals surface area contributed by atoms with Crippen molar-refractivity contribution >= 4 is 11.8 Å². The number of nitrogens with one attached hydrogen (secondary N) is 2. The van der Waals surface area contributed by atoms with Crippen molar-refractivity contribution in [3.63, 3.8) is 0 Å². The third kappa shape index (κ3) is 4.83. The summed E-state index contributed by atoms with van der Waals surface area (Å²) >= 11 is 0. The lowest BCUT2D eigenvalue weighted by atomic mass is 10.1. The zero-order valence-corrected chi connectivity index (χ0v) is 15.3. The molecular formula is C17H26N6O3. The molecule has 1 unspecified atom stereocenters. The van der Waals surface area contributed by atoms with Crippen molar-refractivity contribution in [3.05, 3.63) is 29.9 Å². The van der Waals surface area contributed by atoms with Gasteiger partial charge in [0.05, 0.1) is 25.5 Å². The first kappa shape index (κ1) is 18.4. The van der Waals surface area contributed by atoms with Crippen molar-refractivity contribution in [2.24, 2.45) is 0 Å². The van der Waals surface area contributed by atoms with E-state index in [1.807, 2.05) is 19.1 Å². The number of urea groups is 1. The number of amides is 2. The number of furan rings is 1. The quantitative estimate of drug-likeness (QED) is 0.779. The van der Waals surface area contributed by atoms with E-state index in [9.17, 15) is 4.79 Å². The average Bonchev–Trinajstić information content (AvgIpc) is 3.26. The minimum Gasteiger partial charge on any atom is -0.465 e. The van der Waals surface area contributed by atoms with Crippen LogP contribution in [-0.4, -0.2) is 58.8 Å². The van der Waals surface area contributed by atoms with Gasteiger partial charge in [-0.3, -0.25) is 14.9 Å². The molecular weight excluding hydrogens is 336 g/mol. The number of nitrogens with zero attached hydrogens (tertiary/aromatic N) is 4. The van der Waals surface area contributed by atoms with E-state index >= 15 is 0 Å². The maximum atomic E-state index is 12.2. The number of rotatable bonds is 7. The van der Waals surface area contributed by atoms with Gasteiger partial charge in [-0.1, -0.05) is 12.1 Å². The number of aryl methyl sites for hydroxylation is 2. The Hall–Kier alpha value is -2.39. The molecule has 1 aliphatic rings. The van der Waals surface area contributed by atoms with E-state index < -0.39 is 0 Å². The predicted octanol–water partition coefficient (Wildman–Crippen LogP) is 1.78. The molecule has 2 aromatic heterocycles. The van der Waals surface area contributed by atoms with Gasteiger partial charge in [0.2, 0.25) is 0 Å². The zero-order chi connectivity index (χ0) is 18.4. The Morgan fingerprint density at radius 2 is 2.15 bits per heavy atom. The van der Waals surface area contributed by atoms with E-state index in [1.165, 1.54) is 0 Å². The average molecular weight is 362 g/mol. The van der Waals surface area contributed by atoms with Crippen LogP contribution in [-0.2, 0) is 11.3 Å². The molecule has 0 spiro atoms. The molecule has 3 rings (SSSR count). The number of hydrogen-bond acceptors (Lipinski definition) is 6. The van der Waals surface area contributed by atoms with Crippen LogP contribution in [0.3, 0.4) is 0 Å². The molecule has 3 heterocycles. The van der Waals surface area contributed by atoms with Gasteiger partial charge >= 0.3 is 6.03 Å². The summed E-state index contributed by atoms with van der Waals surface area (Å²) in [5.74, 6) is 2.14. The summed E-state index contributed by atoms with van der Waals surface area (Å²) in [6.07, 6.45) is 2.68. The largest absolute Gasteiger partial charge is 0.465 e. The molecule has 9 nitrogen and oxygen atoms in total. The third-order valence-electron chi connectivity index (χ3n) is 4.26. The summed E-state index contributed by atoms with van der Waals surface area (Å²) in [5.41, 5.74) is 0. The first-order valence-corrected chi connectivity index (χ1v) is 8.99. The Morgan fingerprint density at radius 3 is 2.85 bits per heavy atom. The smallest absolute Gasteiger partial charge is 0.320 e. The number of morpholine rings is 1. The summed E-state index contributed by atoms with van der Waals surface area (Å²) in [4.78, 5) is 14.5. The number of anilines is 1. The van der Waals surface area contributed by atoms with Crippen molar-refractivity contribution in [2.75, 3.05) is 38.2 Å². The molecule has 1 aliphatic heterocycles.